The van der Waals surface area contributed by atoms with Gasteiger partial charge in [-0.05, 0) is 23.3 Å². The Bertz CT molecular complexity index is 948. The smallest absolute Gasteiger partial charge is 0.416 e. The lowest BCUT2D eigenvalue weighted by Crippen LogP contribution is -2.13. The number of hydrogen-bond donors (Lipinski definition) is 0. The molecule has 3 rings (SSSR count). The van der Waals surface area contributed by atoms with Crippen molar-refractivity contribution in [3.05, 3.63) is 89.0 Å². The number of carbonyl (C=O) groups is 1. The highest BCUT2D eigenvalue weighted by Crippen LogP contribution is 2.32. The summed E-state index contributed by atoms with van der Waals surface area (Å²) in [6.07, 6.45) is -1.18. The lowest BCUT2D eigenvalue weighted by Gasteiger charge is -2.14. The molecule has 140 valence electrons. The van der Waals surface area contributed by atoms with Gasteiger partial charge < -0.3 is 9.30 Å². The summed E-state index contributed by atoms with van der Waals surface area (Å²) in [6, 6.07) is 12.4. The fraction of sp³-hybridized carbons (Fsp3) is 0.200. The highest BCUT2D eigenvalue weighted by Gasteiger charge is 2.33. The van der Waals surface area contributed by atoms with Crippen molar-refractivity contribution in [3.63, 3.8) is 0 Å². The average Bonchev–Trinajstić information content (AvgIpc) is 3.08. The van der Waals surface area contributed by atoms with Gasteiger partial charge in [0.25, 0.3) is 0 Å². The number of aromatic nitrogens is 2. The van der Waals surface area contributed by atoms with Crippen LogP contribution in [-0.2, 0) is 23.9 Å². The maximum Gasteiger partial charge on any atom is 0.416 e. The Hall–Kier alpha value is -3.09. The molecule has 0 saturated carbocycles. The molecule has 0 saturated heterocycles. The number of ether oxygens (including phenoxy) is 1. The molecule has 0 atom stereocenters. The predicted octanol–water partition coefficient (Wildman–Crippen LogP) is 4.33. The third-order valence-corrected chi connectivity index (χ3v) is 4.24. The van der Waals surface area contributed by atoms with E-state index in [2.05, 4.69) is 4.98 Å². The highest BCUT2D eigenvalue weighted by molar-refractivity contribution is 5.90. The Morgan fingerprint density at radius 1 is 1.07 bits per heavy atom. The quantitative estimate of drug-likeness (QED) is 0.625. The van der Waals surface area contributed by atoms with Crippen molar-refractivity contribution < 1.29 is 22.7 Å². The van der Waals surface area contributed by atoms with Crippen molar-refractivity contribution in [1.29, 1.82) is 0 Å². The van der Waals surface area contributed by atoms with Crippen LogP contribution in [0.3, 0.4) is 0 Å². The van der Waals surface area contributed by atoms with E-state index in [1.54, 1.807) is 41.1 Å². The van der Waals surface area contributed by atoms with Crippen LogP contribution in [0.15, 0.2) is 60.9 Å². The first-order chi connectivity index (χ1) is 12.9. The van der Waals surface area contributed by atoms with Crippen molar-refractivity contribution in [1.82, 2.24) is 9.55 Å². The summed E-state index contributed by atoms with van der Waals surface area (Å²) in [5.41, 5.74) is 0.594. The fourth-order valence-electron chi connectivity index (χ4n) is 2.92. The number of hydrogen-bond acceptors (Lipinski definition) is 3. The molecule has 1 heterocycles. The van der Waals surface area contributed by atoms with Crippen LogP contribution in [-0.4, -0.2) is 22.6 Å². The summed E-state index contributed by atoms with van der Waals surface area (Å²) in [5, 5.41) is 0. The normalized spacial score (nSPS) is 11.4. The molecule has 0 bridgehead atoms. The maximum atomic E-state index is 13.2. The molecule has 0 aliphatic heterocycles. The number of methoxy groups -OCH3 is 1. The summed E-state index contributed by atoms with van der Waals surface area (Å²) in [6.45, 7) is 0.300. The Labute approximate surface area is 154 Å². The molecule has 0 aliphatic carbocycles. The van der Waals surface area contributed by atoms with Crippen molar-refractivity contribution >= 4 is 5.97 Å². The predicted molar refractivity (Wildman–Crippen MR) is 93.4 cm³/mol. The van der Waals surface area contributed by atoms with E-state index in [1.807, 2.05) is 0 Å². The van der Waals surface area contributed by atoms with Crippen LogP contribution in [0.25, 0.3) is 0 Å². The number of rotatable bonds is 5. The topological polar surface area (TPSA) is 44.1 Å². The summed E-state index contributed by atoms with van der Waals surface area (Å²) >= 11 is 0. The minimum absolute atomic E-state index is 0.0308. The molecule has 4 nitrogen and oxygen atoms in total. The Morgan fingerprint density at radius 3 is 2.44 bits per heavy atom. The Balaban J connectivity index is 1.90. The second-order valence-corrected chi connectivity index (χ2v) is 5.95. The standard InChI is InChI=1S/C20H17F3N2O2/c1-27-19(26)16-8-4-2-7-15(16)13-25-11-10-24-18(25)12-14-6-3-5-9-17(14)20(21,22)23/h2-11H,12-13H2,1H3. The lowest BCUT2D eigenvalue weighted by molar-refractivity contribution is -0.138. The van der Waals surface area contributed by atoms with E-state index in [0.29, 0.717) is 23.5 Å². The van der Waals surface area contributed by atoms with Crippen molar-refractivity contribution in [3.8, 4) is 0 Å². The van der Waals surface area contributed by atoms with Crippen LogP contribution in [0.4, 0.5) is 13.2 Å². The van der Waals surface area contributed by atoms with Crippen molar-refractivity contribution in [2.75, 3.05) is 7.11 Å². The third-order valence-electron chi connectivity index (χ3n) is 4.24. The number of alkyl halides is 3. The van der Waals surface area contributed by atoms with Crippen LogP contribution >= 0.6 is 0 Å². The zero-order valence-electron chi connectivity index (χ0n) is 14.5. The number of carbonyl (C=O) groups excluding carboxylic acids is 1. The van der Waals surface area contributed by atoms with Crippen molar-refractivity contribution in [2.24, 2.45) is 0 Å². The van der Waals surface area contributed by atoms with Crippen LogP contribution in [0, 0.1) is 0 Å². The Kier molecular flexibility index (Phi) is 5.30. The SMILES string of the molecule is COC(=O)c1ccccc1Cn1ccnc1Cc1ccccc1C(F)(F)F. The summed E-state index contributed by atoms with van der Waals surface area (Å²) in [7, 11) is 1.30. The Morgan fingerprint density at radius 2 is 1.74 bits per heavy atom. The van der Waals surface area contributed by atoms with Gasteiger partial charge in [0, 0.05) is 25.4 Å². The van der Waals surface area contributed by atoms with E-state index in [4.69, 9.17) is 4.74 Å². The molecule has 0 N–H and O–H groups in total. The zero-order valence-corrected chi connectivity index (χ0v) is 14.5. The van der Waals surface area contributed by atoms with Crippen LogP contribution in [0.1, 0.15) is 32.9 Å². The highest BCUT2D eigenvalue weighted by atomic mass is 19.4. The molecule has 0 amide bonds. The van der Waals surface area contributed by atoms with Gasteiger partial charge in [-0.2, -0.15) is 13.2 Å². The molecule has 1 aromatic heterocycles. The van der Waals surface area contributed by atoms with Gasteiger partial charge in [0.2, 0.25) is 0 Å². The van der Waals surface area contributed by atoms with Gasteiger partial charge in [-0.1, -0.05) is 36.4 Å². The molecule has 2 aromatic carbocycles. The van der Waals surface area contributed by atoms with Crippen LogP contribution in [0.5, 0.6) is 0 Å². The lowest BCUT2D eigenvalue weighted by atomic mass is 10.0. The molecule has 0 unspecified atom stereocenters. The van der Waals surface area contributed by atoms with E-state index in [9.17, 15) is 18.0 Å². The van der Waals surface area contributed by atoms with Crippen molar-refractivity contribution in [2.45, 2.75) is 19.1 Å². The second-order valence-electron chi connectivity index (χ2n) is 5.95. The summed E-state index contributed by atoms with van der Waals surface area (Å²) < 4.78 is 46.2. The second kappa shape index (κ2) is 7.65. The maximum absolute atomic E-state index is 13.2. The van der Waals surface area contributed by atoms with Crippen LogP contribution < -0.4 is 0 Å². The zero-order chi connectivity index (χ0) is 19.4. The molecule has 0 spiro atoms. The minimum atomic E-state index is -4.43. The molecule has 0 fully saturated rings. The third kappa shape index (κ3) is 4.19. The first kappa shape index (κ1) is 18.7. The van der Waals surface area contributed by atoms with Gasteiger partial charge in [-0.15, -0.1) is 0 Å². The van der Waals surface area contributed by atoms with Crippen LogP contribution in [0.2, 0.25) is 0 Å². The molecular weight excluding hydrogens is 357 g/mol. The first-order valence-electron chi connectivity index (χ1n) is 8.21. The fourth-order valence-corrected chi connectivity index (χ4v) is 2.92. The number of imidazole rings is 1. The minimum Gasteiger partial charge on any atom is -0.465 e. The number of halogens is 3. The van der Waals surface area contributed by atoms with E-state index in [0.717, 1.165) is 6.07 Å². The van der Waals surface area contributed by atoms with Gasteiger partial charge in [-0.3, -0.25) is 0 Å². The van der Waals surface area contributed by atoms with Gasteiger partial charge >= 0.3 is 12.1 Å². The first-order valence-corrected chi connectivity index (χ1v) is 8.21. The average molecular weight is 374 g/mol. The molecule has 0 aliphatic rings. The molecule has 0 radical (unpaired) electrons. The largest absolute Gasteiger partial charge is 0.465 e. The van der Waals surface area contributed by atoms with E-state index < -0.39 is 17.7 Å². The van der Waals surface area contributed by atoms with Gasteiger partial charge in [0.05, 0.1) is 18.2 Å². The van der Waals surface area contributed by atoms with Gasteiger partial charge in [0.15, 0.2) is 0 Å². The molecule has 3 aromatic rings. The number of benzene rings is 2. The number of esters is 1. The molecule has 7 heteroatoms. The van der Waals surface area contributed by atoms with E-state index in [1.165, 1.54) is 25.4 Å². The summed E-state index contributed by atoms with van der Waals surface area (Å²) in [5.74, 6) is 0.0149. The van der Waals surface area contributed by atoms with E-state index in [-0.39, 0.29) is 12.0 Å². The van der Waals surface area contributed by atoms with E-state index >= 15 is 0 Å². The molecule has 27 heavy (non-hydrogen) atoms. The number of nitrogens with zero attached hydrogens (tertiary/aromatic N) is 2. The van der Waals surface area contributed by atoms with Gasteiger partial charge in [0.1, 0.15) is 5.82 Å². The summed E-state index contributed by atoms with van der Waals surface area (Å²) in [4.78, 5) is 16.1. The monoisotopic (exact) mass is 374 g/mol. The molecular formula is C20H17F3N2O2. The van der Waals surface area contributed by atoms with Gasteiger partial charge in [-0.25, -0.2) is 9.78 Å².